The van der Waals surface area contributed by atoms with Crippen molar-refractivity contribution in [2.75, 3.05) is 32.9 Å². The summed E-state index contributed by atoms with van der Waals surface area (Å²) in [5.41, 5.74) is 2.18. The Bertz CT molecular complexity index is 844. The number of aliphatic imine (C=N–C) groups is 1. The number of fused-ring (bicyclic) bond motifs is 1. The number of aromatic nitrogens is 2. The van der Waals surface area contributed by atoms with Gasteiger partial charge < -0.3 is 15.2 Å². The number of nitrogens with zero attached hydrogens (tertiary/aromatic N) is 3. The molecule has 0 aliphatic rings. The van der Waals surface area contributed by atoms with Crippen molar-refractivity contribution in [2.45, 2.75) is 26.3 Å². The Balaban J connectivity index is 1.70. The summed E-state index contributed by atoms with van der Waals surface area (Å²) in [4.78, 5) is 8.75. The van der Waals surface area contributed by atoms with Crippen LogP contribution in [0.25, 0.3) is 11.0 Å². The van der Waals surface area contributed by atoms with Gasteiger partial charge in [0.2, 0.25) is 10.0 Å². The lowest BCUT2D eigenvalue weighted by Gasteiger charge is -2.12. The Morgan fingerprint density at radius 1 is 1.15 bits per heavy atom. The van der Waals surface area contributed by atoms with Gasteiger partial charge in [0.1, 0.15) is 5.82 Å². The Morgan fingerprint density at radius 3 is 2.54 bits per heavy atom. The Hall–Kier alpha value is -2.13. The molecule has 8 nitrogen and oxygen atoms in total. The summed E-state index contributed by atoms with van der Waals surface area (Å²) in [6.45, 7) is 4.75. The molecule has 26 heavy (non-hydrogen) atoms. The minimum Gasteiger partial charge on any atom is -0.356 e. The largest absolute Gasteiger partial charge is 0.356 e. The number of hydrogen-bond donors (Lipinski definition) is 3. The quantitative estimate of drug-likeness (QED) is 0.340. The monoisotopic (exact) mass is 380 g/mol. The van der Waals surface area contributed by atoms with E-state index in [1.54, 1.807) is 7.05 Å². The van der Waals surface area contributed by atoms with E-state index in [0.29, 0.717) is 19.5 Å². The predicted molar refractivity (Wildman–Crippen MR) is 106 cm³/mol. The first-order chi connectivity index (χ1) is 12.4. The zero-order chi connectivity index (χ0) is 19.0. The van der Waals surface area contributed by atoms with Crippen LogP contribution < -0.4 is 15.4 Å². The molecule has 0 fully saturated rings. The van der Waals surface area contributed by atoms with Crippen molar-refractivity contribution >= 4 is 27.0 Å². The van der Waals surface area contributed by atoms with Crippen LogP contribution >= 0.6 is 0 Å². The lowest BCUT2D eigenvalue weighted by molar-refractivity contribution is 0.584. The molecule has 0 bridgehead atoms. The van der Waals surface area contributed by atoms with Gasteiger partial charge in [-0.05, 0) is 31.9 Å². The van der Waals surface area contributed by atoms with Gasteiger partial charge in [-0.2, -0.15) is 0 Å². The van der Waals surface area contributed by atoms with Crippen LogP contribution in [-0.4, -0.2) is 56.9 Å². The van der Waals surface area contributed by atoms with Crippen molar-refractivity contribution in [1.82, 2.24) is 24.9 Å². The van der Waals surface area contributed by atoms with Crippen molar-refractivity contribution in [1.29, 1.82) is 0 Å². The highest BCUT2D eigenvalue weighted by Crippen LogP contribution is 2.15. The van der Waals surface area contributed by atoms with Crippen molar-refractivity contribution in [3.05, 3.63) is 30.1 Å². The molecule has 0 aliphatic heterocycles. The zero-order valence-electron chi connectivity index (χ0n) is 15.6. The van der Waals surface area contributed by atoms with E-state index in [2.05, 4.69) is 36.0 Å². The van der Waals surface area contributed by atoms with Crippen LogP contribution in [0.3, 0.4) is 0 Å². The molecule has 1 heterocycles. The molecule has 0 atom stereocenters. The van der Waals surface area contributed by atoms with Crippen LogP contribution in [0.1, 0.15) is 18.7 Å². The number of guanidine groups is 1. The van der Waals surface area contributed by atoms with Gasteiger partial charge in [-0.1, -0.05) is 12.1 Å². The predicted octanol–water partition coefficient (Wildman–Crippen LogP) is 0.839. The SMILES string of the molecule is CN=C(NCCCNS(C)(=O)=O)NCCCn1c(C)nc2ccccc21. The highest BCUT2D eigenvalue weighted by molar-refractivity contribution is 7.88. The number of imidazole rings is 1. The Morgan fingerprint density at radius 2 is 1.85 bits per heavy atom. The van der Waals surface area contributed by atoms with Crippen LogP contribution in [0.15, 0.2) is 29.3 Å². The van der Waals surface area contributed by atoms with Crippen LogP contribution in [0, 0.1) is 6.92 Å². The van der Waals surface area contributed by atoms with Crippen LogP contribution in [0.4, 0.5) is 0 Å². The van der Waals surface area contributed by atoms with Crippen LogP contribution in [-0.2, 0) is 16.6 Å². The van der Waals surface area contributed by atoms with E-state index in [4.69, 9.17) is 0 Å². The second-order valence-electron chi connectivity index (χ2n) is 6.10. The van der Waals surface area contributed by atoms with Gasteiger partial charge in [0, 0.05) is 33.2 Å². The molecule has 144 valence electrons. The fraction of sp³-hybridized carbons (Fsp3) is 0.529. The summed E-state index contributed by atoms with van der Waals surface area (Å²) in [7, 11) is -1.40. The molecular formula is C17H28N6O2S. The van der Waals surface area contributed by atoms with Crippen molar-refractivity contribution in [3.8, 4) is 0 Å². The molecule has 0 saturated heterocycles. The van der Waals surface area contributed by atoms with E-state index >= 15 is 0 Å². The molecule has 2 aromatic rings. The molecule has 2 rings (SSSR count). The maximum Gasteiger partial charge on any atom is 0.208 e. The summed E-state index contributed by atoms with van der Waals surface area (Å²) < 4.78 is 26.7. The van der Waals surface area contributed by atoms with Gasteiger partial charge in [0.25, 0.3) is 0 Å². The molecule has 9 heteroatoms. The number of benzene rings is 1. The van der Waals surface area contributed by atoms with Gasteiger partial charge in [-0.3, -0.25) is 4.99 Å². The first-order valence-corrected chi connectivity index (χ1v) is 10.6. The topological polar surface area (TPSA) is 100 Å². The molecule has 0 spiro atoms. The minimum atomic E-state index is -3.12. The Kier molecular flexibility index (Phi) is 7.40. The van der Waals surface area contributed by atoms with Gasteiger partial charge in [0.05, 0.1) is 17.3 Å². The van der Waals surface area contributed by atoms with E-state index in [9.17, 15) is 8.42 Å². The highest BCUT2D eigenvalue weighted by Gasteiger charge is 2.06. The number of sulfonamides is 1. The summed E-state index contributed by atoms with van der Waals surface area (Å²) in [6, 6.07) is 8.15. The third kappa shape index (κ3) is 6.30. The molecule has 0 saturated carbocycles. The minimum absolute atomic E-state index is 0.413. The van der Waals surface area contributed by atoms with Gasteiger partial charge >= 0.3 is 0 Å². The normalized spacial score (nSPS) is 12.5. The lowest BCUT2D eigenvalue weighted by Crippen LogP contribution is -2.39. The number of rotatable bonds is 9. The van der Waals surface area contributed by atoms with Gasteiger partial charge in [-0.25, -0.2) is 18.1 Å². The number of aryl methyl sites for hydroxylation is 2. The molecule has 0 amide bonds. The average Bonchev–Trinajstić information content (AvgIpc) is 2.91. The average molecular weight is 381 g/mol. The van der Waals surface area contributed by atoms with E-state index < -0.39 is 10.0 Å². The number of hydrogen-bond acceptors (Lipinski definition) is 4. The molecule has 1 aromatic carbocycles. The lowest BCUT2D eigenvalue weighted by atomic mass is 10.3. The first-order valence-electron chi connectivity index (χ1n) is 8.72. The summed E-state index contributed by atoms with van der Waals surface area (Å²) in [5.74, 6) is 1.74. The maximum atomic E-state index is 11.0. The Labute approximate surface area is 155 Å². The summed E-state index contributed by atoms with van der Waals surface area (Å²) in [5, 5.41) is 6.45. The van der Waals surface area contributed by atoms with E-state index in [0.717, 1.165) is 48.6 Å². The number of para-hydroxylation sites is 2. The van der Waals surface area contributed by atoms with Gasteiger partial charge in [-0.15, -0.1) is 0 Å². The molecule has 1 aromatic heterocycles. The molecule has 0 radical (unpaired) electrons. The standard InChI is InChI=1S/C17H28N6O2S/c1-14-22-15-8-4-5-9-16(15)23(14)13-7-11-20-17(18-2)19-10-6-12-21-26(3,24)25/h4-5,8-9,21H,6-7,10-13H2,1-3H3,(H2,18,19,20). The van der Waals surface area contributed by atoms with E-state index in [-0.39, 0.29) is 0 Å². The van der Waals surface area contributed by atoms with E-state index in [1.165, 1.54) is 0 Å². The molecular weight excluding hydrogens is 352 g/mol. The van der Waals surface area contributed by atoms with Crippen molar-refractivity contribution < 1.29 is 8.42 Å². The zero-order valence-corrected chi connectivity index (χ0v) is 16.4. The van der Waals surface area contributed by atoms with Gasteiger partial charge in [0.15, 0.2) is 5.96 Å². The van der Waals surface area contributed by atoms with Crippen LogP contribution in [0.2, 0.25) is 0 Å². The fourth-order valence-corrected chi connectivity index (χ4v) is 3.21. The second-order valence-corrected chi connectivity index (χ2v) is 7.93. The van der Waals surface area contributed by atoms with Crippen LogP contribution in [0.5, 0.6) is 0 Å². The highest BCUT2D eigenvalue weighted by atomic mass is 32.2. The molecule has 3 N–H and O–H groups in total. The summed E-state index contributed by atoms with van der Waals surface area (Å²) >= 11 is 0. The van der Waals surface area contributed by atoms with Crippen molar-refractivity contribution in [3.63, 3.8) is 0 Å². The van der Waals surface area contributed by atoms with E-state index in [1.807, 2.05) is 25.1 Å². The van der Waals surface area contributed by atoms with Crippen molar-refractivity contribution in [2.24, 2.45) is 4.99 Å². The number of nitrogens with one attached hydrogen (secondary N) is 3. The third-order valence-corrected chi connectivity index (χ3v) is 4.66. The molecule has 0 unspecified atom stereocenters. The second kappa shape index (κ2) is 9.54. The smallest absolute Gasteiger partial charge is 0.208 e. The maximum absolute atomic E-state index is 11.0. The molecule has 0 aliphatic carbocycles. The fourth-order valence-electron chi connectivity index (χ4n) is 2.70. The first kappa shape index (κ1) is 20.2. The summed E-state index contributed by atoms with van der Waals surface area (Å²) in [6.07, 6.45) is 2.79. The third-order valence-electron chi connectivity index (χ3n) is 3.93.